The Bertz CT molecular complexity index is 801. The molecule has 1 amide bonds. The van der Waals surface area contributed by atoms with E-state index < -0.39 is 15.3 Å². The number of benzene rings is 1. The maximum atomic E-state index is 12.7. The monoisotopic (exact) mass is 434 g/mol. The van der Waals surface area contributed by atoms with Gasteiger partial charge in [0.05, 0.1) is 5.25 Å². The molecule has 2 saturated carbocycles. The molecule has 6 heteroatoms. The maximum Gasteiger partial charge on any atom is 0.227 e. The summed E-state index contributed by atoms with van der Waals surface area (Å²) in [4.78, 5) is 12.7. The zero-order valence-electron chi connectivity index (χ0n) is 18.9. The Labute approximate surface area is 182 Å². The number of hydrogen-bond donors (Lipinski definition) is 2. The molecule has 0 aromatic heterocycles. The van der Waals surface area contributed by atoms with E-state index in [1.807, 2.05) is 12.1 Å². The number of rotatable bonds is 6. The molecule has 0 heterocycles. The van der Waals surface area contributed by atoms with Crippen molar-refractivity contribution in [3.8, 4) is 0 Å². The third-order valence-electron chi connectivity index (χ3n) is 6.88. The molecule has 1 aromatic carbocycles. The van der Waals surface area contributed by atoms with Gasteiger partial charge in [-0.15, -0.1) is 0 Å². The van der Waals surface area contributed by atoms with E-state index in [-0.39, 0.29) is 17.9 Å². The first kappa shape index (κ1) is 23.3. The van der Waals surface area contributed by atoms with E-state index in [0.717, 1.165) is 17.5 Å². The zero-order chi connectivity index (χ0) is 21.9. The van der Waals surface area contributed by atoms with E-state index in [2.05, 4.69) is 36.0 Å². The molecule has 2 N–H and O–H groups in total. The predicted molar refractivity (Wildman–Crippen MR) is 123 cm³/mol. The third-order valence-corrected chi connectivity index (χ3v) is 8.78. The van der Waals surface area contributed by atoms with Crippen molar-refractivity contribution in [2.24, 2.45) is 17.8 Å². The lowest BCUT2D eigenvalue weighted by atomic mass is 9.74. The molecule has 0 saturated heterocycles. The van der Waals surface area contributed by atoms with Gasteiger partial charge in [-0.25, -0.2) is 13.1 Å². The summed E-state index contributed by atoms with van der Waals surface area (Å²) in [6, 6.07) is 8.34. The van der Waals surface area contributed by atoms with Gasteiger partial charge in [0, 0.05) is 17.6 Å². The maximum absolute atomic E-state index is 12.7. The molecule has 168 valence electrons. The number of carbonyl (C=O) groups is 1. The lowest BCUT2D eigenvalue weighted by molar-refractivity contribution is -0.120. The molecule has 2 aliphatic carbocycles. The molecular formula is C24H38N2O3S. The van der Waals surface area contributed by atoms with Crippen LogP contribution in [0.3, 0.4) is 0 Å². The second-order valence-electron chi connectivity index (χ2n) is 9.99. The molecule has 0 aliphatic heterocycles. The Morgan fingerprint density at radius 3 is 2.03 bits per heavy atom. The van der Waals surface area contributed by atoms with Gasteiger partial charge in [0.15, 0.2) is 0 Å². The molecule has 0 spiro atoms. The standard InChI is InChI=1S/C24H38N2O3S/c1-16(2)30(28,29)26-23-11-7-20(8-12-23)24(27)25-22-9-5-19(6-10-22)21-14-17(3)13-18(4)15-21/h5-6,9-10,16-18,20-21,23,26H,7-8,11-15H2,1-4H3,(H,25,27). The fourth-order valence-corrected chi connectivity index (χ4v) is 6.12. The van der Waals surface area contributed by atoms with Crippen molar-refractivity contribution in [1.82, 2.24) is 4.72 Å². The summed E-state index contributed by atoms with van der Waals surface area (Å²) in [6.07, 6.45) is 6.67. The molecule has 30 heavy (non-hydrogen) atoms. The fourth-order valence-electron chi connectivity index (χ4n) is 5.14. The van der Waals surface area contributed by atoms with Crippen molar-refractivity contribution in [2.45, 2.75) is 89.9 Å². The second-order valence-corrected chi connectivity index (χ2v) is 12.3. The highest BCUT2D eigenvalue weighted by Crippen LogP contribution is 2.39. The van der Waals surface area contributed by atoms with Crippen LogP contribution in [0.2, 0.25) is 0 Å². The van der Waals surface area contributed by atoms with Crippen LogP contribution in [-0.4, -0.2) is 25.6 Å². The van der Waals surface area contributed by atoms with Crippen LogP contribution in [0.15, 0.2) is 24.3 Å². The van der Waals surface area contributed by atoms with Crippen molar-refractivity contribution in [3.63, 3.8) is 0 Å². The highest BCUT2D eigenvalue weighted by Gasteiger charge is 2.30. The van der Waals surface area contributed by atoms with E-state index in [0.29, 0.717) is 31.6 Å². The molecule has 2 unspecified atom stereocenters. The van der Waals surface area contributed by atoms with Crippen LogP contribution in [0.5, 0.6) is 0 Å². The van der Waals surface area contributed by atoms with Gasteiger partial charge in [0.1, 0.15) is 0 Å². The normalized spacial score (nSPS) is 30.2. The van der Waals surface area contributed by atoms with E-state index in [1.165, 1.54) is 24.8 Å². The van der Waals surface area contributed by atoms with Crippen LogP contribution in [0.1, 0.15) is 84.1 Å². The number of nitrogens with one attached hydrogen (secondary N) is 2. The largest absolute Gasteiger partial charge is 0.326 e. The van der Waals surface area contributed by atoms with Crippen molar-refractivity contribution in [2.75, 3.05) is 5.32 Å². The van der Waals surface area contributed by atoms with Gasteiger partial charge in [-0.2, -0.15) is 0 Å². The predicted octanol–water partition coefficient (Wildman–Crippen LogP) is 5.05. The molecule has 2 atom stereocenters. The summed E-state index contributed by atoms with van der Waals surface area (Å²) in [5, 5.41) is 2.63. The van der Waals surface area contributed by atoms with Gasteiger partial charge in [-0.1, -0.05) is 26.0 Å². The van der Waals surface area contributed by atoms with Gasteiger partial charge in [-0.3, -0.25) is 4.79 Å². The number of amides is 1. The van der Waals surface area contributed by atoms with E-state index in [4.69, 9.17) is 0 Å². The highest BCUT2D eigenvalue weighted by atomic mass is 32.2. The van der Waals surface area contributed by atoms with Crippen molar-refractivity contribution < 1.29 is 13.2 Å². The minimum absolute atomic E-state index is 0.0489. The van der Waals surface area contributed by atoms with Crippen molar-refractivity contribution in [3.05, 3.63) is 29.8 Å². The minimum atomic E-state index is -3.26. The smallest absolute Gasteiger partial charge is 0.227 e. The lowest BCUT2D eigenvalue weighted by Crippen LogP contribution is -2.42. The summed E-state index contributed by atoms with van der Waals surface area (Å²) < 4.78 is 26.9. The lowest BCUT2D eigenvalue weighted by Gasteiger charge is -2.32. The quantitative estimate of drug-likeness (QED) is 0.658. The van der Waals surface area contributed by atoms with Gasteiger partial charge in [0.2, 0.25) is 15.9 Å². The van der Waals surface area contributed by atoms with Gasteiger partial charge in [-0.05, 0) is 94.2 Å². The minimum Gasteiger partial charge on any atom is -0.326 e. The molecule has 0 bridgehead atoms. The molecule has 1 aromatic rings. The second kappa shape index (κ2) is 9.82. The van der Waals surface area contributed by atoms with Crippen molar-refractivity contribution >= 4 is 21.6 Å². The highest BCUT2D eigenvalue weighted by molar-refractivity contribution is 7.90. The summed E-state index contributed by atoms with van der Waals surface area (Å²) in [5.41, 5.74) is 2.23. The number of anilines is 1. The molecule has 3 rings (SSSR count). The van der Waals surface area contributed by atoms with E-state index in [1.54, 1.807) is 13.8 Å². The summed E-state index contributed by atoms with van der Waals surface area (Å²) in [5.74, 6) is 2.17. The van der Waals surface area contributed by atoms with Crippen LogP contribution >= 0.6 is 0 Å². The Morgan fingerprint density at radius 1 is 0.933 bits per heavy atom. The molecule has 5 nitrogen and oxygen atoms in total. The third kappa shape index (κ3) is 6.07. The number of sulfonamides is 1. The molecule has 2 aliphatic rings. The van der Waals surface area contributed by atoms with Crippen LogP contribution in [0, 0.1) is 17.8 Å². The first-order chi connectivity index (χ1) is 14.1. The van der Waals surface area contributed by atoms with E-state index >= 15 is 0 Å². The Kier molecular flexibility index (Phi) is 7.61. The first-order valence-corrected chi connectivity index (χ1v) is 13.1. The fraction of sp³-hybridized carbons (Fsp3) is 0.708. The van der Waals surface area contributed by atoms with Gasteiger partial charge in [0.25, 0.3) is 0 Å². The zero-order valence-corrected chi connectivity index (χ0v) is 19.7. The molecule has 0 radical (unpaired) electrons. The van der Waals surface area contributed by atoms with E-state index in [9.17, 15) is 13.2 Å². The van der Waals surface area contributed by atoms with Crippen molar-refractivity contribution in [1.29, 1.82) is 0 Å². The average Bonchev–Trinajstić information content (AvgIpc) is 2.68. The topological polar surface area (TPSA) is 75.3 Å². The average molecular weight is 435 g/mol. The Morgan fingerprint density at radius 2 is 1.50 bits per heavy atom. The molecule has 2 fully saturated rings. The molecular weight excluding hydrogens is 396 g/mol. The summed E-state index contributed by atoms with van der Waals surface area (Å²) in [6.45, 7) is 8.06. The summed E-state index contributed by atoms with van der Waals surface area (Å²) >= 11 is 0. The first-order valence-electron chi connectivity index (χ1n) is 11.6. The van der Waals surface area contributed by atoms with Crippen LogP contribution in [0.25, 0.3) is 0 Å². The number of carbonyl (C=O) groups excluding carboxylic acids is 1. The SMILES string of the molecule is CC1CC(C)CC(c2ccc(NC(=O)C3CCC(NS(=O)(=O)C(C)C)CC3)cc2)C1. The number of hydrogen-bond acceptors (Lipinski definition) is 3. The summed E-state index contributed by atoms with van der Waals surface area (Å²) in [7, 11) is -3.26. The van der Waals surface area contributed by atoms with Gasteiger partial charge >= 0.3 is 0 Å². The Hall–Kier alpha value is -1.40. The van der Waals surface area contributed by atoms with Crippen LogP contribution < -0.4 is 10.0 Å². The van der Waals surface area contributed by atoms with Gasteiger partial charge < -0.3 is 5.32 Å². The Balaban J connectivity index is 1.50. The van der Waals surface area contributed by atoms with Crippen LogP contribution in [-0.2, 0) is 14.8 Å². The van der Waals surface area contributed by atoms with Crippen LogP contribution in [0.4, 0.5) is 5.69 Å².